The number of rotatable bonds is 3. The van der Waals surface area contributed by atoms with Gasteiger partial charge in [0.05, 0.1) is 6.21 Å². The molecule has 0 aromatic rings. The second kappa shape index (κ2) is 3.49. The molecule has 0 aromatic heterocycles. The number of ketones is 1. The maximum absolute atomic E-state index is 10.1. The summed E-state index contributed by atoms with van der Waals surface area (Å²) in [4.78, 5) is 10.1. The quantitative estimate of drug-likeness (QED) is 0.472. The van der Waals surface area contributed by atoms with E-state index in [-0.39, 0.29) is 5.78 Å². The van der Waals surface area contributed by atoms with Crippen molar-refractivity contribution < 1.29 is 4.79 Å². The van der Waals surface area contributed by atoms with Crippen LogP contribution in [0.5, 0.6) is 0 Å². The predicted molar refractivity (Wildman–Crippen MR) is 27.5 cm³/mol. The van der Waals surface area contributed by atoms with Crippen LogP contribution in [0.4, 0.5) is 0 Å². The minimum Gasteiger partial charge on any atom is -0.330 e. The van der Waals surface area contributed by atoms with E-state index in [1.54, 1.807) is 0 Å². The third kappa shape index (κ3) is 3.12. The molecule has 0 unspecified atom stereocenters. The lowest BCUT2D eigenvalue weighted by atomic mass is 10.3. The molecule has 0 fully saturated rings. The van der Waals surface area contributed by atoms with Gasteiger partial charge in [-0.15, -0.1) is 0 Å². The summed E-state index contributed by atoms with van der Waals surface area (Å²) in [6.45, 7) is 0.341. The third-order valence-corrected chi connectivity index (χ3v) is 0.552. The smallest absolute Gasteiger partial charge is 0.174 e. The fraction of sp³-hybridized carbons (Fsp3) is 0.500. The highest BCUT2D eigenvalue weighted by molar-refractivity contribution is 6.26. The van der Waals surface area contributed by atoms with Crippen molar-refractivity contribution in [1.29, 1.82) is 5.41 Å². The van der Waals surface area contributed by atoms with Crippen molar-refractivity contribution in [2.75, 3.05) is 6.54 Å². The highest BCUT2D eigenvalue weighted by atomic mass is 16.1. The molecule has 0 aliphatic heterocycles. The maximum atomic E-state index is 10.1. The molecule has 3 heteroatoms. The number of nitrogens with one attached hydrogen (secondary N) is 1. The van der Waals surface area contributed by atoms with E-state index < -0.39 is 0 Å². The molecule has 0 rings (SSSR count). The zero-order valence-corrected chi connectivity index (χ0v) is 3.98. The highest BCUT2D eigenvalue weighted by Crippen LogP contribution is 1.70. The van der Waals surface area contributed by atoms with Gasteiger partial charge >= 0.3 is 0 Å². The summed E-state index contributed by atoms with van der Waals surface area (Å²) in [5.74, 6) is -0.206. The largest absolute Gasteiger partial charge is 0.330 e. The molecule has 0 bridgehead atoms. The Kier molecular flexibility index (Phi) is 3.14. The van der Waals surface area contributed by atoms with Crippen molar-refractivity contribution in [2.24, 2.45) is 5.73 Å². The molecule has 0 aliphatic rings. The van der Waals surface area contributed by atoms with Crippen molar-refractivity contribution in [3.8, 4) is 0 Å². The zero-order valence-electron chi connectivity index (χ0n) is 3.98. The minimum absolute atomic E-state index is 0.206. The maximum Gasteiger partial charge on any atom is 0.174 e. The highest BCUT2D eigenvalue weighted by Gasteiger charge is 1.89. The summed E-state index contributed by atoms with van der Waals surface area (Å²) in [5.41, 5.74) is 4.98. The first-order valence-electron chi connectivity index (χ1n) is 2.04. The van der Waals surface area contributed by atoms with Gasteiger partial charge in [-0.1, -0.05) is 0 Å². The van der Waals surface area contributed by atoms with Crippen molar-refractivity contribution in [2.45, 2.75) is 6.42 Å². The first-order valence-corrected chi connectivity index (χ1v) is 2.04. The standard InChI is InChI=1S/C4H8N2O/c5-2-1-4(7)3-6/h3,6H,1-2,5H2. The molecule has 7 heavy (non-hydrogen) atoms. The molecule has 0 radical (unpaired) electrons. The summed E-state index contributed by atoms with van der Waals surface area (Å²) in [5, 5.41) is 6.38. The van der Waals surface area contributed by atoms with Gasteiger partial charge in [0.1, 0.15) is 0 Å². The van der Waals surface area contributed by atoms with Crippen LogP contribution in [0.25, 0.3) is 0 Å². The van der Waals surface area contributed by atoms with Gasteiger partial charge < -0.3 is 11.1 Å². The average Bonchev–Trinajstić information content (AvgIpc) is 1.68. The van der Waals surface area contributed by atoms with Crippen LogP contribution >= 0.6 is 0 Å². The molecule has 0 aromatic carbocycles. The number of hydrogen-bond acceptors (Lipinski definition) is 3. The van der Waals surface area contributed by atoms with Crippen LogP contribution in [0.2, 0.25) is 0 Å². The van der Waals surface area contributed by atoms with Gasteiger partial charge in [0.15, 0.2) is 5.78 Å². The molecule has 0 amide bonds. The Morgan fingerprint density at radius 2 is 2.43 bits per heavy atom. The number of carbonyl (C=O) groups excluding carboxylic acids is 1. The molecule has 3 nitrogen and oxygen atoms in total. The molecule has 40 valence electrons. The SMILES string of the molecule is N=CC(=O)CCN. The van der Waals surface area contributed by atoms with Gasteiger partial charge in [0.25, 0.3) is 0 Å². The summed E-state index contributed by atoms with van der Waals surface area (Å²) in [6.07, 6.45) is 1.08. The molecule has 0 spiro atoms. The number of Topliss-reactive ketones (excluding diaryl/α,β-unsaturated/α-hetero) is 1. The molecular weight excluding hydrogens is 92.1 g/mol. The van der Waals surface area contributed by atoms with Crippen LogP contribution in [-0.2, 0) is 4.79 Å². The topological polar surface area (TPSA) is 66.9 Å². The Morgan fingerprint density at radius 1 is 1.86 bits per heavy atom. The normalized spacial score (nSPS) is 8.14. The van der Waals surface area contributed by atoms with Crippen molar-refractivity contribution in [1.82, 2.24) is 0 Å². The fourth-order valence-corrected chi connectivity index (χ4v) is 0.214. The number of nitrogens with two attached hydrogens (primary N) is 1. The number of hydrogen-bond donors (Lipinski definition) is 2. The Bertz CT molecular complexity index is 79.8. The van der Waals surface area contributed by atoms with E-state index >= 15 is 0 Å². The van der Waals surface area contributed by atoms with Crippen LogP contribution in [0.15, 0.2) is 0 Å². The first kappa shape index (κ1) is 6.30. The fourth-order valence-electron chi connectivity index (χ4n) is 0.214. The minimum atomic E-state index is -0.206. The molecule has 0 atom stereocenters. The zero-order chi connectivity index (χ0) is 5.70. The lowest BCUT2D eigenvalue weighted by Crippen LogP contribution is -2.07. The van der Waals surface area contributed by atoms with Gasteiger partial charge in [-0.05, 0) is 6.54 Å². The molecule has 0 saturated heterocycles. The van der Waals surface area contributed by atoms with E-state index in [4.69, 9.17) is 11.1 Å². The molecular formula is C4H8N2O. The van der Waals surface area contributed by atoms with E-state index in [2.05, 4.69) is 0 Å². The van der Waals surface area contributed by atoms with Gasteiger partial charge in [-0.25, -0.2) is 0 Å². The Labute approximate surface area is 42.0 Å². The molecule has 0 saturated carbocycles. The summed E-state index contributed by atoms with van der Waals surface area (Å²) >= 11 is 0. The average molecular weight is 100 g/mol. The molecule has 0 heterocycles. The Hall–Kier alpha value is -0.700. The van der Waals surface area contributed by atoms with Crippen LogP contribution in [0, 0.1) is 5.41 Å². The van der Waals surface area contributed by atoms with Crippen molar-refractivity contribution in [3.05, 3.63) is 0 Å². The van der Waals surface area contributed by atoms with Crippen LogP contribution in [0.3, 0.4) is 0 Å². The predicted octanol–water partition coefficient (Wildman–Crippen LogP) is -0.446. The van der Waals surface area contributed by atoms with E-state index in [0.29, 0.717) is 13.0 Å². The van der Waals surface area contributed by atoms with Crippen LogP contribution < -0.4 is 5.73 Å². The van der Waals surface area contributed by atoms with E-state index in [1.807, 2.05) is 0 Å². The van der Waals surface area contributed by atoms with Crippen molar-refractivity contribution in [3.63, 3.8) is 0 Å². The van der Waals surface area contributed by atoms with E-state index in [0.717, 1.165) is 6.21 Å². The van der Waals surface area contributed by atoms with E-state index in [1.165, 1.54) is 0 Å². The Balaban J connectivity index is 3.17. The summed E-state index contributed by atoms with van der Waals surface area (Å²) in [6, 6.07) is 0. The van der Waals surface area contributed by atoms with Gasteiger partial charge in [-0.2, -0.15) is 0 Å². The van der Waals surface area contributed by atoms with Gasteiger partial charge in [0, 0.05) is 6.42 Å². The first-order chi connectivity index (χ1) is 3.31. The second-order valence-electron chi connectivity index (χ2n) is 1.15. The van der Waals surface area contributed by atoms with Crippen LogP contribution in [0.1, 0.15) is 6.42 Å². The molecule has 0 aliphatic carbocycles. The van der Waals surface area contributed by atoms with Crippen LogP contribution in [-0.4, -0.2) is 18.5 Å². The second-order valence-corrected chi connectivity index (χ2v) is 1.15. The molecule has 3 N–H and O–H groups in total. The third-order valence-electron chi connectivity index (χ3n) is 0.552. The monoisotopic (exact) mass is 100 g/mol. The lowest BCUT2D eigenvalue weighted by Gasteiger charge is -1.82. The van der Waals surface area contributed by atoms with Gasteiger partial charge in [-0.3, -0.25) is 4.79 Å². The number of carbonyl (C=O) groups is 1. The lowest BCUT2D eigenvalue weighted by molar-refractivity contribution is -0.112. The van der Waals surface area contributed by atoms with Gasteiger partial charge in [0.2, 0.25) is 0 Å². The van der Waals surface area contributed by atoms with E-state index in [9.17, 15) is 4.79 Å². The summed E-state index contributed by atoms with van der Waals surface area (Å²) < 4.78 is 0. The van der Waals surface area contributed by atoms with Crippen molar-refractivity contribution >= 4 is 12.0 Å². The Morgan fingerprint density at radius 3 is 2.57 bits per heavy atom. The summed E-state index contributed by atoms with van der Waals surface area (Å²) in [7, 11) is 0.